The summed E-state index contributed by atoms with van der Waals surface area (Å²) < 4.78 is 12.8. The minimum atomic E-state index is -0.299. The lowest BCUT2D eigenvalue weighted by Crippen LogP contribution is -2.36. The third-order valence-corrected chi connectivity index (χ3v) is 3.43. The Morgan fingerprint density at radius 2 is 1.86 bits per heavy atom. The van der Waals surface area contributed by atoms with Gasteiger partial charge in [-0.3, -0.25) is 0 Å². The van der Waals surface area contributed by atoms with E-state index >= 15 is 0 Å². The number of rotatable bonds is 4. The summed E-state index contributed by atoms with van der Waals surface area (Å²) in [7, 11) is 0. The van der Waals surface area contributed by atoms with Gasteiger partial charge in [-0.05, 0) is 36.2 Å². The molecule has 21 heavy (non-hydrogen) atoms. The van der Waals surface area contributed by atoms with E-state index in [0.29, 0.717) is 11.6 Å². The second-order valence-electron chi connectivity index (χ2n) is 4.70. The van der Waals surface area contributed by atoms with Crippen LogP contribution in [0.25, 0.3) is 0 Å². The summed E-state index contributed by atoms with van der Waals surface area (Å²) in [4.78, 5) is 11.8. The predicted octanol–water partition coefficient (Wildman–Crippen LogP) is 4.04. The fourth-order valence-electron chi connectivity index (χ4n) is 1.94. The average molecular weight is 307 g/mol. The Labute approximate surface area is 128 Å². The second-order valence-corrected chi connectivity index (χ2v) is 5.10. The summed E-state index contributed by atoms with van der Waals surface area (Å²) in [5, 5.41) is 6.15. The van der Waals surface area contributed by atoms with Crippen LogP contribution in [-0.2, 0) is 6.54 Å². The molecule has 0 aliphatic rings. The summed E-state index contributed by atoms with van der Waals surface area (Å²) in [6.07, 6.45) is 0. The van der Waals surface area contributed by atoms with E-state index in [1.165, 1.54) is 12.1 Å². The van der Waals surface area contributed by atoms with Gasteiger partial charge in [-0.1, -0.05) is 41.9 Å². The highest BCUT2D eigenvalue weighted by atomic mass is 35.5. The van der Waals surface area contributed by atoms with Crippen LogP contribution >= 0.6 is 11.6 Å². The van der Waals surface area contributed by atoms with Gasteiger partial charge in [-0.15, -0.1) is 0 Å². The highest BCUT2D eigenvalue weighted by Crippen LogP contribution is 2.21. The van der Waals surface area contributed by atoms with Crippen molar-refractivity contribution >= 4 is 17.6 Å². The normalized spacial score (nSPS) is 11.8. The zero-order chi connectivity index (χ0) is 15.2. The topological polar surface area (TPSA) is 41.1 Å². The minimum Gasteiger partial charge on any atom is -0.334 e. The van der Waals surface area contributed by atoms with Crippen LogP contribution in [0.1, 0.15) is 24.1 Å². The predicted molar refractivity (Wildman–Crippen MR) is 81.6 cm³/mol. The number of nitrogens with one attached hydrogen (secondary N) is 2. The molecular formula is C16H16ClFN2O. The van der Waals surface area contributed by atoms with Gasteiger partial charge in [-0.25, -0.2) is 9.18 Å². The zero-order valence-corrected chi connectivity index (χ0v) is 12.3. The Kier molecular flexibility index (Phi) is 5.17. The first kappa shape index (κ1) is 15.3. The van der Waals surface area contributed by atoms with Crippen molar-refractivity contribution < 1.29 is 9.18 Å². The van der Waals surface area contributed by atoms with E-state index in [9.17, 15) is 9.18 Å². The molecule has 2 aromatic rings. The van der Waals surface area contributed by atoms with Crippen molar-refractivity contribution in [2.24, 2.45) is 0 Å². The van der Waals surface area contributed by atoms with Crippen molar-refractivity contribution in [1.82, 2.24) is 10.6 Å². The molecule has 2 N–H and O–H groups in total. The molecule has 0 spiro atoms. The molecule has 3 nitrogen and oxygen atoms in total. The summed E-state index contributed by atoms with van der Waals surface area (Å²) in [5.41, 5.74) is 1.69. The molecule has 1 unspecified atom stereocenters. The van der Waals surface area contributed by atoms with Crippen LogP contribution in [0.15, 0.2) is 48.5 Å². The van der Waals surface area contributed by atoms with Gasteiger partial charge in [0.05, 0.1) is 6.04 Å². The molecule has 0 heterocycles. The standard InChI is InChI=1S/C16H16ClFN2O/c1-11(14-4-2-3-5-15(14)17)20-16(21)19-10-12-6-8-13(18)9-7-12/h2-9,11H,10H2,1H3,(H2,19,20,21). The van der Waals surface area contributed by atoms with Gasteiger partial charge in [0.2, 0.25) is 0 Å². The third kappa shape index (κ3) is 4.46. The number of halogens is 2. The lowest BCUT2D eigenvalue weighted by atomic mass is 10.1. The fourth-order valence-corrected chi connectivity index (χ4v) is 2.24. The molecule has 2 aromatic carbocycles. The zero-order valence-electron chi connectivity index (χ0n) is 11.6. The van der Waals surface area contributed by atoms with E-state index in [1.807, 2.05) is 25.1 Å². The van der Waals surface area contributed by atoms with Crippen LogP contribution in [-0.4, -0.2) is 6.03 Å². The molecule has 2 rings (SSSR count). The summed E-state index contributed by atoms with van der Waals surface area (Å²) in [5.74, 6) is -0.296. The molecule has 2 amide bonds. The molecule has 0 aliphatic carbocycles. The number of carbonyl (C=O) groups excluding carboxylic acids is 1. The minimum absolute atomic E-state index is 0.202. The average Bonchev–Trinajstić information content (AvgIpc) is 2.47. The van der Waals surface area contributed by atoms with Gasteiger partial charge in [0.1, 0.15) is 5.82 Å². The van der Waals surface area contributed by atoms with Crippen molar-refractivity contribution in [2.75, 3.05) is 0 Å². The lowest BCUT2D eigenvalue weighted by Gasteiger charge is -2.16. The van der Waals surface area contributed by atoms with Crippen LogP contribution in [0.5, 0.6) is 0 Å². The molecule has 0 bridgehead atoms. The number of urea groups is 1. The van der Waals surface area contributed by atoms with Gasteiger partial charge >= 0.3 is 6.03 Å². The van der Waals surface area contributed by atoms with Gasteiger partial charge in [0.25, 0.3) is 0 Å². The lowest BCUT2D eigenvalue weighted by molar-refractivity contribution is 0.237. The largest absolute Gasteiger partial charge is 0.334 e. The molecular weight excluding hydrogens is 291 g/mol. The molecule has 0 aliphatic heterocycles. The van der Waals surface area contributed by atoms with Gasteiger partial charge in [0.15, 0.2) is 0 Å². The Morgan fingerprint density at radius 1 is 1.19 bits per heavy atom. The van der Waals surface area contributed by atoms with E-state index in [0.717, 1.165) is 11.1 Å². The third-order valence-electron chi connectivity index (χ3n) is 3.09. The Hall–Kier alpha value is -2.07. The van der Waals surface area contributed by atoms with Crippen molar-refractivity contribution in [3.8, 4) is 0 Å². The fraction of sp³-hybridized carbons (Fsp3) is 0.188. The van der Waals surface area contributed by atoms with Crippen LogP contribution in [0.2, 0.25) is 5.02 Å². The number of hydrogen-bond acceptors (Lipinski definition) is 1. The Morgan fingerprint density at radius 3 is 2.52 bits per heavy atom. The SMILES string of the molecule is CC(NC(=O)NCc1ccc(F)cc1)c1ccccc1Cl. The molecule has 0 fully saturated rings. The Balaban J connectivity index is 1.87. The highest BCUT2D eigenvalue weighted by Gasteiger charge is 2.11. The van der Waals surface area contributed by atoms with Crippen molar-refractivity contribution in [3.63, 3.8) is 0 Å². The quantitative estimate of drug-likeness (QED) is 0.879. The van der Waals surface area contributed by atoms with E-state index < -0.39 is 0 Å². The smallest absolute Gasteiger partial charge is 0.315 e. The van der Waals surface area contributed by atoms with Crippen LogP contribution in [0.4, 0.5) is 9.18 Å². The first-order valence-corrected chi connectivity index (χ1v) is 6.97. The maximum atomic E-state index is 12.8. The maximum absolute atomic E-state index is 12.8. The summed E-state index contributed by atoms with van der Waals surface area (Å²) >= 11 is 6.08. The summed E-state index contributed by atoms with van der Waals surface area (Å²) in [6.45, 7) is 2.19. The number of carbonyl (C=O) groups is 1. The first-order valence-electron chi connectivity index (χ1n) is 6.59. The van der Waals surface area contributed by atoms with E-state index in [1.54, 1.807) is 18.2 Å². The molecule has 110 valence electrons. The van der Waals surface area contributed by atoms with Crippen molar-refractivity contribution in [1.29, 1.82) is 0 Å². The van der Waals surface area contributed by atoms with Gasteiger partial charge in [0, 0.05) is 11.6 Å². The summed E-state index contributed by atoms with van der Waals surface area (Å²) in [6, 6.07) is 12.9. The van der Waals surface area contributed by atoms with Crippen LogP contribution in [0, 0.1) is 5.82 Å². The van der Waals surface area contributed by atoms with E-state index in [-0.39, 0.29) is 17.9 Å². The molecule has 1 atom stereocenters. The molecule has 0 radical (unpaired) electrons. The van der Waals surface area contributed by atoms with Crippen molar-refractivity contribution in [2.45, 2.75) is 19.5 Å². The second kappa shape index (κ2) is 7.09. The van der Waals surface area contributed by atoms with Crippen LogP contribution < -0.4 is 10.6 Å². The van der Waals surface area contributed by atoms with Gasteiger partial charge in [-0.2, -0.15) is 0 Å². The Bertz CT molecular complexity index is 616. The molecule has 5 heteroatoms. The molecule has 0 saturated heterocycles. The number of amides is 2. The number of benzene rings is 2. The van der Waals surface area contributed by atoms with E-state index in [2.05, 4.69) is 10.6 Å². The maximum Gasteiger partial charge on any atom is 0.315 e. The monoisotopic (exact) mass is 306 g/mol. The first-order chi connectivity index (χ1) is 10.1. The highest BCUT2D eigenvalue weighted by molar-refractivity contribution is 6.31. The van der Waals surface area contributed by atoms with Crippen molar-refractivity contribution in [3.05, 3.63) is 70.5 Å². The molecule has 0 aromatic heterocycles. The van der Waals surface area contributed by atoms with Gasteiger partial charge < -0.3 is 10.6 Å². The molecule has 0 saturated carbocycles. The van der Waals surface area contributed by atoms with Crippen LogP contribution in [0.3, 0.4) is 0 Å². The number of hydrogen-bond donors (Lipinski definition) is 2. The van der Waals surface area contributed by atoms with E-state index in [4.69, 9.17) is 11.6 Å².